The fraction of sp³-hybridized carbons (Fsp3) is 0.231. The van der Waals surface area contributed by atoms with Gasteiger partial charge in [0.15, 0.2) is 0 Å². The van der Waals surface area contributed by atoms with Crippen molar-refractivity contribution in [3.05, 3.63) is 36.0 Å². The highest BCUT2D eigenvalue weighted by Gasteiger charge is 2.11. The van der Waals surface area contributed by atoms with E-state index in [-0.39, 0.29) is 11.7 Å². The Morgan fingerprint density at radius 3 is 2.71 bits per heavy atom. The van der Waals surface area contributed by atoms with Crippen molar-refractivity contribution >= 4 is 18.5 Å². The van der Waals surface area contributed by atoms with Gasteiger partial charge in [0.1, 0.15) is 11.4 Å². The summed E-state index contributed by atoms with van der Waals surface area (Å²) in [5, 5.41) is 9.29. The number of nitrogens with zero attached hydrogens (tertiary/aromatic N) is 1. The third kappa shape index (κ3) is 4.19. The quantitative estimate of drug-likeness (QED) is 0.717. The van der Waals surface area contributed by atoms with Gasteiger partial charge in [-0.25, -0.2) is 0 Å². The molecule has 1 aromatic heterocycles. The largest absolute Gasteiger partial charge is 0.435 e. The smallest absolute Gasteiger partial charge is 0.387 e. The summed E-state index contributed by atoms with van der Waals surface area (Å²) in [5.74, 6) is 0.328. The van der Waals surface area contributed by atoms with Gasteiger partial charge in [-0.3, -0.25) is 9.89 Å². The van der Waals surface area contributed by atoms with E-state index in [1.165, 1.54) is 12.1 Å². The molecule has 8 heteroatoms. The Labute approximate surface area is 125 Å². The first-order valence-corrected chi connectivity index (χ1v) is 6.73. The number of hydrogen-bond acceptors (Lipinski definition) is 4. The second-order valence-electron chi connectivity index (χ2n) is 4.05. The van der Waals surface area contributed by atoms with Crippen LogP contribution in [0.25, 0.3) is 11.3 Å². The molecule has 0 atom stereocenters. The average Bonchev–Trinajstić information content (AvgIpc) is 2.95. The number of thiol groups is 1. The molecule has 0 unspecified atom stereocenters. The predicted molar refractivity (Wildman–Crippen MR) is 76.8 cm³/mol. The Morgan fingerprint density at radius 1 is 1.38 bits per heavy atom. The van der Waals surface area contributed by atoms with Gasteiger partial charge < -0.3 is 10.1 Å². The Hall–Kier alpha value is -2.09. The van der Waals surface area contributed by atoms with Crippen LogP contribution in [0.15, 0.2) is 30.3 Å². The molecule has 0 saturated heterocycles. The van der Waals surface area contributed by atoms with Crippen LogP contribution in [0.2, 0.25) is 0 Å². The third-order valence-corrected chi connectivity index (χ3v) is 2.82. The fourth-order valence-corrected chi connectivity index (χ4v) is 1.77. The lowest BCUT2D eigenvalue weighted by atomic mass is 10.1. The van der Waals surface area contributed by atoms with Crippen molar-refractivity contribution in [1.82, 2.24) is 15.5 Å². The number of benzene rings is 1. The van der Waals surface area contributed by atoms with Crippen LogP contribution in [0.3, 0.4) is 0 Å². The summed E-state index contributed by atoms with van der Waals surface area (Å²) in [6.45, 7) is -2.40. The zero-order chi connectivity index (χ0) is 15.2. The number of aromatic amines is 1. The minimum absolute atomic E-state index is 0.0658. The molecule has 21 heavy (non-hydrogen) atoms. The van der Waals surface area contributed by atoms with Gasteiger partial charge in [0.25, 0.3) is 5.91 Å². The first-order chi connectivity index (χ1) is 10.1. The number of nitrogens with one attached hydrogen (secondary N) is 2. The molecular weight excluding hydrogens is 300 g/mol. The summed E-state index contributed by atoms with van der Waals surface area (Å²) in [7, 11) is 0. The Morgan fingerprint density at radius 2 is 2.10 bits per heavy atom. The molecule has 1 amide bonds. The van der Waals surface area contributed by atoms with Gasteiger partial charge in [-0.2, -0.15) is 26.5 Å². The summed E-state index contributed by atoms with van der Waals surface area (Å²) in [6, 6.07) is 7.58. The van der Waals surface area contributed by atoms with Crippen molar-refractivity contribution < 1.29 is 18.3 Å². The number of alkyl halides is 2. The fourth-order valence-electron chi connectivity index (χ4n) is 1.66. The summed E-state index contributed by atoms with van der Waals surface area (Å²) < 4.78 is 28.4. The maximum absolute atomic E-state index is 12.0. The summed E-state index contributed by atoms with van der Waals surface area (Å²) in [4.78, 5) is 11.7. The predicted octanol–water partition coefficient (Wildman–Crippen LogP) is 2.34. The number of hydrogen-bond donors (Lipinski definition) is 3. The maximum atomic E-state index is 12.0. The van der Waals surface area contributed by atoms with Gasteiger partial charge >= 0.3 is 6.61 Å². The molecule has 2 rings (SSSR count). The van der Waals surface area contributed by atoms with Gasteiger partial charge in [-0.1, -0.05) is 0 Å². The molecule has 1 heterocycles. The highest BCUT2D eigenvalue weighted by Crippen LogP contribution is 2.22. The molecule has 0 bridgehead atoms. The molecule has 112 valence electrons. The molecule has 0 aliphatic rings. The molecular formula is C13H13F2N3O2S. The number of rotatable bonds is 6. The van der Waals surface area contributed by atoms with Crippen molar-refractivity contribution in [3.63, 3.8) is 0 Å². The molecule has 1 aromatic carbocycles. The number of carbonyl (C=O) groups is 1. The lowest BCUT2D eigenvalue weighted by Gasteiger charge is -2.04. The molecule has 0 aliphatic carbocycles. The minimum Gasteiger partial charge on any atom is -0.435 e. The standard InChI is InChI=1S/C13H13F2N3O2S/c14-13(15)20-9-3-1-8(2-4-9)10-7-11(18-17-10)12(19)16-5-6-21/h1-4,7,13,21H,5-6H2,(H,16,19)(H,17,18). The van der Waals surface area contributed by atoms with E-state index in [2.05, 4.69) is 32.9 Å². The third-order valence-electron chi connectivity index (χ3n) is 2.60. The molecule has 5 nitrogen and oxygen atoms in total. The first-order valence-electron chi connectivity index (χ1n) is 6.10. The lowest BCUT2D eigenvalue weighted by Crippen LogP contribution is -2.25. The van der Waals surface area contributed by atoms with Crippen molar-refractivity contribution in [3.8, 4) is 17.0 Å². The van der Waals surface area contributed by atoms with Crippen LogP contribution in [0.4, 0.5) is 8.78 Å². The van der Waals surface area contributed by atoms with Crippen molar-refractivity contribution in [2.45, 2.75) is 6.61 Å². The van der Waals surface area contributed by atoms with Crippen LogP contribution < -0.4 is 10.1 Å². The number of carbonyl (C=O) groups excluding carboxylic acids is 1. The van der Waals surface area contributed by atoms with E-state index in [9.17, 15) is 13.6 Å². The Kier molecular flexibility index (Phi) is 5.15. The Balaban J connectivity index is 2.08. The lowest BCUT2D eigenvalue weighted by molar-refractivity contribution is -0.0498. The maximum Gasteiger partial charge on any atom is 0.387 e. The summed E-state index contributed by atoms with van der Waals surface area (Å²) in [5.41, 5.74) is 1.54. The average molecular weight is 313 g/mol. The molecule has 0 aliphatic heterocycles. The van der Waals surface area contributed by atoms with E-state index < -0.39 is 6.61 Å². The number of halogens is 2. The minimum atomic E-state index is -2.86. The van der Waals surface area contributed by atoms with E-state index in [4.69, 9.17) is 0 Å². The summed E-state index contributed by atoms with van der Waals surface area (Å²) >= 11 is 4.00. The molecule has 0 fully saturated rings. The number of H-pyrrole nitrogens is 1. The van der Waals surface area contributed by atoms with E-state index in [0.29, 0.717) is 29.2 Å². The summed E-state index contributed by atoms with van der Waals surface area (Å²) in [6.07, 6.45) is 0. The van der Waals surface area contributed by atoms with Crippen LogP contribution in [-0.2, 0) is 0 Å². The molecule has 0 saturated carbocycles. The molecule has 2 N–H and O–H groups in total. The highest BCUT2D eigenvalue weighted by molar-refractivity contribution is 7.80. The van der Waals surface area contributed by atoms with E-state index >= 15 is 0 Å². The molecule has 0 radical (unpaired) electrons. The van der Waals surface area contributed by atoms with Crippen LogP contribution in [-0.4, -0.2) is 35.0 Å². The second kappa shape index (κ2) is 7.07. The van der Waals surface area contributed by atoms with Crippen LogP contribution >= 0.6 is 12.6 Å². The monoisotopic (exact) mass is 313 g/mol. The Bertz CT molecular complexity index is 602. The van der Waals surface area contributed by atoms with Gasteiger partial charge in [0, 0.05) is 17.9 Å². The van der Waals surface area contributed by atoms with Gasteiger partial charge in [-0.15, -0.1) is 0 Å². The second-order valence-corrected chi connectivity index (χ2v) is 4.50. The van der Waals surface area contributed by atoms with Gasteiger partial charge in [0.05, 0.1) is 5.69 Å². The molecule has 0 spiro atoms. The number of ether oxygens (including phenoxy) is 1. The number of aromatic nitrogens is 2. The van der Waals surface area contributed by atoms with Crippen LogP contribution in [0.1, 0.15) is 10.5 Å². The normalized spacial score (nSPS) is 10.7. The zero-order valence-electron chi connectivity index (χ0n) is 10.8. The van der Waals surface area contributed by atoms with E-state index in [0.717, 1.165) is 0 Å². The zero-order valence-corrected chi connectivity index (χ0v) is 11.7. The molecule has 2 aromatic rings. The van der Waals surface area contributed by atoms with E-state index in [1.54, 1.807) is 18.2 Å². The first kappa shape index (κ1) is 15.3. The highest BCUT2D eigenvalue weighted by atomic mass is 32.1. The SMILES string of the molecule is O=C(NCCS)c1cc(-c2ccc(OC(F)F)cc2)n[nH]1. The van der Waals surface area contributed by atoms with Crippen molar-refractivity contribution in [2.24, 2.45) is 0 Å². The topological polar surface area (TPSA) is 67.0 Å². The van der Waals surface area contributed by atoms with Crippen molar-refractivity contribution in [1.29, 1.82) is 0 Å². The number of amides is 1. The van der Waals surface area contributed by atoms with E-state index in [1.807, 2.05) is 0 Å². The van der Waals surface area contributed by atoms with Crippen LogP contribution in [0, 0.1) is 0 Å². The van der Waals surface area contributed by atoms with Crippen LogP contribution in [0.5, 0.6) is 5.75 Å². The van der Waals surface area contributed by atoms with Gasteiger partial charge in [-0.05, 0) is 30.3 Å². The van der Waals surface area contributed by atoms with Crippen molar-refractivity contribution in [2.75, 3.05) is 12.3 Å². The van der Waals surface area contributed by atoms with Gasteiger partial charge in [0.2, 0.25) is 0 Å².